The smallest absolute Gasteiger partial charge is 0.295 e. The lowest BCUT2D eigenvalue weighted by molar-refractivity contribution is -0.127. The molecule has 4 heterocycles. The first-order valence-corrected chi connectivity index (χ1v) is 11.7. The first-order valence-electron chi connectivity index (χ1n) is 11.7. The average molecular weight is 484 g/mol. The molecule has 10 heteroatoms. The van der Waals surface area contributed by atoms with Crippen LogP contribution in [0.25, 0.3) is 16.7 Å². The molecule has 1 fully saturated rings. The van der Waals surface area contributed by atoms with Crippen molar-refractivity contribution in [3.63, 3.8) is 0 Å². The maximum absolute atomic E-state index is 13.4. The molecule has 3 aromatic heterocycles. The molecular weight excluding hydrogens is 458 g/mol. The Labute approximate surface area is 207 Å². The van der Waals surface area contributed by atoms with Gasteiger partial charge in [-0.15, -0.1) is 0 Å². The number of ether oxygens (including phenoxy) is 1. The zero-order valence-electron chi connectivity index (χ0n) is 20.0. The average Bonchev–Trinajstić information content (AvgIpc) is 3.56. The van der Waals surface area contributed by atoms with Gasteiger partial charge in [-0.25, -0.2) is 14.6 Å². The summed E-state index contributed by atoms with van der Waals surface area (Å²) in [5.41, 5.74) is 1.72. The van der Waals surface area contributed by atoms with E-state index < -0.39 is 11.7 Å². The number of amides is 1. The summed E-state index contributed by atoms with van der Waals surface area (Å²) >= 11 is 0. The Kier molecular flexibility index (Phi) is 6.21. The minimum absolute atomic E-state index is 0.129. The minimum Gasteiger partial charge on any atom is -0.494 e. The summed E-state index contributed by atoms with van der Waals surface area (Å²) in [7, 11) is 1.49. The normalized spacial score (nSPS) is 15.0. The van der Waals surface area contributed by atoms with Crippen molar-refractivity contribution < 1.29 is 14.3 Å². The van der Waals surface area contributed by atoms with E-state index in [-0.39, 0.29) is 17.4 Å². The number of Topliss-reactive ketones (excluding diaryl/α,β-unsaturated/α-hetero) is 1. The number of nitrogens with zero attached hydrogens (tertiary/aromatic N) is 6. The number of H-pyrrole nitrogens is 1. The van der Waals surface area contributed by atoms with Gasteiger partial charge in [0.15, 0.2) is 5.82 Å². The lowest BCUT2D eigenvalue weighted by atomic mass is 9.81. The van der Waals surface area contributed by atoms with Crippen LogP contribution in [0.1, 0.15) is 40.5 Å². The minimum atomic E-state index is -0.621. The van der Waals surface area contributed by atoms with Gasteiger partial charge in [0.25, 0.3) is 11.7 Å². The number of piperidine rings is 1. The molecule has 1 aliphatic rings. The van der Waals surface area contributed by atoms with Crippen LogP contribution in [-0.2, 0) is 4.79 Å². The maximum Gasteiger partial charge on any atom is 0.295 e. The van der Waals surface area contributed by atoms with Gasteiger partial charge < -0.3 is 14.6 Å². The van der Waals surface area contributed by atoms with E-state index in [1.165, 1.54) is 30.5 Å². The second-order valence-electron chi connectivity index (χ2n) is 8.82. The van der Waals surface area contributed by atoms with Gasteiger partial charge in [0.1, 0.15) is 17.9 Å². The van der Waals surface area contributed by atoms with Crippen molar-refractivity contribution in [3.05, 3.63) is 66.0 Å². The molecule has 0 spiro atoms. The molecule has 36 heavy (non-hydrogen) atoms. The topological polar surface area (TPSA) is 130 Å². The predicted octanol–water partition coefficient (Wildman–Crippen LogP) is 3.19. The van der Waals surface area contributed by atoms with Crippen LogP contribution < -0.4 is 4.74 Å². The first-order chi connectivity index (χ1) is 17.5. The van der Waals surface area contributed by atoms with Crippen molar-refractivity contribution in [2.24, 2.45) is 5.92 Å². The summed E-state index contributed by atoms with van der Waals surface area (Å²) in [6.45, 7) is 2.61. The van der Waals surface area contributed by atoms with Gasteiger partial charge in [0.05, 0.1) is 41.8 Å². The van der Waals surface area contributed by atoms with Crippen LogP contribution in [0.2, 0.25) is 0 Å². The molecular formula is C26H25N7O3. The van der Waals surface area contributed by atoms with E-state index in [1.54, 1.807) is 11.8 Å². The van der Waals surface area contributed by atoms with Crippen LogP contribution >= 0.6 is 0 Å². The van der Waals surface area contributed by atoms with Gasteiger partial charge in [-0.1, -0.05) is 30.3 Å². The van der Waals surface area contributed by atoms with Gasteiger partial charge in [0, 0.05) is 19.3 Å². The summed E-state index contributed by atoms with van der Waals surface area (Å²) in [6, 6.07) is 12.1. The number of hydrogen-bond acceptors (Lipinski definition) is 7. The maximum atomic E-state index is 13.4. The summed E-state index contributed by atoms with van der Waals surface area (Å²) in [5, 5.41) is 14.5. The molecule has 1 saturated heterocycles. The molecule has 0 bridgehead atoms. The number of carbonyl (C=O) groups is 2. The number of benzene rings is 1. The van der Waals surface area contributed by atoms with Gasteiger partial charge in [-0.2, -0.15) is 10.4 Å². The molecule has 5 rings (SSSR count). The molecule has 1 aromatic carbocycles. The highest BCUT2D eigenvalue weighted by atomic mass is 16.5. The summed E-state index contributed by atoms with van der Waals surface area (Å²) in [4.78, 5) is 39.8. The van der Waals surface area contributed by atoms with Gasteiger partial charge in [-0.05, 0) is 31.2 Å². The summed E-state index contributed by atoms with van der Waals surface area (Å²) < 4.78 is 6.96. The number of aryl methyl sites for hydroxylation is 1. The second-order valence-corrected chi connectivity index (χ2v) is 8.82. The lowest BCUT2D eigenvalue weighted by Crippen LogP contribution is -2.43. The largest absolute Gasteiger partial charge is 0.494 e. The number of pyridine rings is 1. The van der Waals surface area contributed by atoms with E-state index >= 15 is 0 Å². The monoisotopic (exact) mass is 483 g/mol. The van der Waals surface area contributed by atoms with Crippen LogP contribution in [0, 0.1) is 24.2 Å². The van der Waals surface area contributed by atoms with Crippen LogP contribution in [0.4, 0.5) is 0 Å². The lowest BCUT2D eigenvalue weighted by Gasteiger charge is -2.33. The van der Waals surface area contributed by atoms with Crippen LogP contribution in [0.15, 0.2) is 49.1 Å². The third-order valence-corrected chi connectivity index (χ3v) is 6.73. The highest BCUT2D eigenvalue weighted by molar-refractivity contribution is 6.45. The van der Waals surface area contributed by atoms with Crippen molar-refractivity contribution in [2.75, 3.05) is 20.2 Å². The van der Waals surface area contributed by atoms with Crippen LogP contribution in [-0.4, -0.2) is 61.5 Å². The van der Waals surface area contributed by atoms with E-state index in [2.05, 4.69) is 26.1 Å². The predicted molar refractivity (Wildman–Crippen MR) is 131 cm³/mol. The number of likely N-dealkylation sites (tertiary alicyclic amines) is 1. The van der Waals surface area contributed by atoms with E-state index in [0.717, 1.165) is 5.56 Å². The van der Waals surface area contributed by atoms with Crippen molar-refractivity contribution in [3.8, 4) is 17.6 Å². The van der Waals surface area contributed by atoms with Crippen molar-refractivity contribution in [1.29, 1.82) is 5.26 Å². The number of aromatic nitrogens is 5. The molecule has 0 aliphatic carbocycles. The van der Waals surface area contributed by atoms with E-state index in [4.69, 9.17) is 4.74 Å². The van der Waals surface area contributed by atoms with Gasteiger partial charge >= 0.3 is 0 Å². The Hall–Kier alpha value is -4.52. The Morgan fingerprint density at radius 1 is 1.19 bits per heavy atom. The van der Waals surface area contributed by atoms with Crippen molar-refractivity contribution in [2.45, 2.75) is 25.7 Å². The third-order valence-electron chi connectivity index (χ3n) is 6.73. The molecule has 10 nitrogen and oxygen atoms in total. The number of methoxy groups -OCH3 is 1. The molecule has 1 amide bonds. The first kappa shape index (κ1) is 23.2. The molecule has 0 saturated carbocycles. The quantitative estimate of drug-likeness (QED) is 0.329. The van der Waals surface area contributed by atoms with E-state index in [0.29, 0.717) is 54.2 Å². The summed E-state index contributed by atoms with van der Waals surface area (Å²) in [5.74, 6) is 0.106. The fraction of sp³-hybridized carbons (Fsp3) is 0.308. The number of nitriles is 1. The Morgan fingerprint density at radius 2 is 1.94 bits per heavy atom. The number of nitrogens with one attached hydrogen (secondary N) is 1. The highest BCUT2D eigenvalue weighted by Crippen LogP contribution is 2.34. The summed E-state index contributed by atoms with van der Waals surface area (Å²) in [6.07, 6.45) is 5.86. The third kappa shape index (κ3) is 4.09. The van der Waals surface area contributed by atoms with E-state index in [9.17, 15) is 14.9 Å². The van der Waals surface area contributed by atoms with Crippen LogP contribution in [0.5, 0.6) is 5.75 Å². The Morgan fingerprint density at radius 3 is 2.58 bits per heavy atom. The number of ketones is 1. The number of fused-ring (bicyclic) bond motifs is 1. The molecule has 0 radical (unpaired) electrons. The standard InChI is InChI=1S/C26H25N7O3/c1-16-30-15-33(31-16)25-23-22(21(36-2)14-29-25)20(13-28-23)24(34)26(35)32-10-8-18(9-11-32)19(12-27)17-6-4-3-5-7-17/h3-7,13-15,18-19,28H,8-11H2,1-2H3. The molecule has 1 unspecified atom stereocenters. The number of hydrogen-bond donors (Lipinski definition) is 1. The zero-order valence-corrected chi connectivity index (χ0v) is 20.0. The Bertz CT molecular complexity index is 1460. The van der Waals surface area contributed by atoms with Gasteiger partial charge in [-0.3, -0.25) is 9.59 Å². The highest BCUT2D eigenvalue weighted by Gasteiger charge is 2.33. The molecule has 1 N–H and O–H groups in total. The van der Waals surface area contributed by atoms with E-state index in [1.807, 2.05) is 30.3 Å². The Balaban J connectivity index is 1.37. The number of carbonyl (C=O) groups excluding carboxylic acids is 2. The molecule has 1 atom stereocenters. The number of aromatic amines is 1. The molecule has 4 aromatic rings. The van der Waals surface area contributed by atoms with Gasteiger partial charge in [0.2, 0.25) is 0 Å². The molecule has 182 valence electrons. The number of rotatable bonds is 6. The second kappa shape index (κ2) is 9.62. The SMILES string of the molecule is COc1cnc(-n2cnc(C)n2)c2[nH]cc(C(=O)C(=O)N3CCC(C(C#N)c4ccccc4)CC3)c12. The fourth-order valence-corrected chi connectivity index (χ4v) is 4.87. The zero-order chi connectivity index (χ0) is 25.2. The molecule has 1 aliphatic heterocycles. The fourth-order valence-electron chi connectivity index (χ4n) is 4.87. The van der Waals surface area contributed by atoms with Crippen molar-refractivity contribution >= 4 is 22.6 Å². The van der Waals surface area contributed by atoms with Crippen molar-refractivity contribution in [1.82, 2.24) is 29.6 Å². The van der Waals surface area contributed by atoms with Crippen LogP contribution in [0.3, 0.4) is 0 Å².